The summed E-state index contributed by atoms with van der Waals surface area (Å²) in [5.41, 5.74) is 0. The van der Waals surface area contributed by atoms with Gasteiger partial charge in [0.25, 0.3) is 0 Å². The molecule has 0 saturated carbocycles. The predicted molar refractivity (Wildman–Crippen MR) is 65.7 cm³/mol. The molecule has 0 aliphatic rings. The van der Waals surface area contributed by atoms with E-state index in [1.165, 1.54) is 0 Å². The number of halogens is 2. The van der Waals surface area contributed by atoms with E-state index in [1.54, 1.807) is 11.9 Å². The first-order chi connectivity index (χ1) is 7.97. The lowest BCUT2D eigenvalue weighted by Crippen LogP contribution is -2.38. The van der Waals surface area contributed by atoms with Crippen LogP contribution in [0.5, 0.6) is 0 Å². The molecule has 96 valence electrons. The lowest BCUT2D eigenvalue weighted by Gasteiger charge is -2.31. The van der Waals surface area contributed by atoms with Crippen LogP contribution < -0.4 is 4.90 Å². The molecule has 1 N–H and O–H groups in total. The lowest BCUT2D eigenvalue weighted by atomic mass is 10.00. The quantitative estimate of drug-likeness (QED) is 0.825. The summed E-state index contributed by atoms with van der Waals surface area (Å²) in [4.78, 5) is 9.16. The van der Waals surface area contributed by atoms with E-state index in [0.29, 0.717) is 6.42 Å². The summed E-state index contributed by atoms with van der Waals surface area (Å²) >= 11 is 5.66. The first-order valence-electron chi connectivity index (χ1n) is 5.49. The number of anilines is 1. The van der Waals surface area contributed by atoms with Gasteiger partial charge in [-0.15, -0.1) is 0 Å². The SMILES string of the molecule is CC(C)C(CCO)N(C)c1nc(Cl)ncc1F. The molecule has 17 heavy (non-hydrogen) atoms. The van der Waals surface area contributed by atoms with E-state index in [1.807, 2.05) is 13.8 Å². The summed E-state index contributed by atoms with van der Waals surface area (Å²) in [5, 5.41) is 9.04. The van der Waals surface area contributed by atoms with Crippen molar-refractivity contribution >= 4 is 17.4 Å². The Bertz CT molecular complexity index is 376. The zero-order chi connectivity index (χ0) is 13.0. The molecular formula is C11H17ClFN3O. The van der Waals surface area contributed by atoms with E-state index >= 15 is 0 Å². The summed E-state index contributed by atoms with van der Waals surface area (Å²) < 4.78 is 13.6. The van der Waals surface area contributed by atoms with Crippen LogP contribution in [0.1, 0.15) is 20.3 Å². The van der Waals surface area contributed by atoms with E-state index in [0.717, 1.165) is 6.20 Å². The Morgan fingerprint density at radius 2 is 2.18 bits per heavy atom. The maximum Gasteiger partial charge on any atom is 0.224 e. The molecule has 0 radical (unpaired) electrons. The van der Waals surface area contributed by atoms with Gasteiger partial charge in [-0.2, -0.15) is 4.98 Å². The summed E-state index contributed by atoms with van der Waals surface area (Å²) in [7, 11) is 1.74. The molecule has 1 aromatic heterocycles. The van der Waals surface area contributed by atoms with E-state index in [-0.39, 0.29) is 29.7 Å². The predicted octanol–water partition coefficient (Wildman–Crippen LogP) is 2.11. The zero-order valence-corrected chi connectivity index (χ0v) is 10.9. The van der Waals surface area contributed by atoms with Gasteiger partial charge in [-0.1, -0.05) is 13.8 Å². The van der Waals surface area contributed by atoms with Crippen LogP contribution in [0.15, 0.2) is 6.20 Å². The Kier molecular flexibility index (Phi) is 5.08. The summed E-state index contributed by atoms with van der Waals surface area (Å²) in [5.74, 6) is -0.0852. The third kappa shape index (κ3) is 3.51. The molecule has 1 aromatic rings. The fraction of sp³-hybridized carbons (Fsp3) is 0.636. The average molecular weight is 262 g/mol. The summed E-state index contributed by atoms with van der Waals surface area (Å²) in [6, 6.07) is 0.000432. The van der Waals surface area contributed by atoms with Crippen LogP contribution in [0.4, 0.5) is 10.2 Å². The first-order valence-corrected chi connectivity index (χ1v) is 5.87. The number of hydrogen-bond donors (Lipinski definition) is 1. The third-order valence-electron chi connectivity index (χ3n) is 2.72. The van der Waals surface area contributed by atoms with Gasteiger partial charge < -0.3 is 10.0 Å². The molecular weight excluding hydrogens is 245 g/mol. The van der Waals surface area contributed by atoms with Crippen molar-refractivity contribution in [3.63, 3.8) is 0 Å². The molecule has 0 aromatic carbocycles. The van der Waals surface area contributed by atoms with Crippen molar-refractivity contribution < 1.29 is 9.50 Å². The second-order valence-corrected chi connectivity index (χ2v) is 4.58. The smallest absolute Gasteiger partial charge is 0.224 e. The average Bonchev–Trinajstić information content (AvgIpc) is 2.28. The van der Waals surface area contributed by atoms with Crippen LogP contribution in [-0.2, 0) is 0 Å². The molecule has 1 atom stereocenters. The molecule has 0 fully saturated rings. The van der Waals surface area contributed by atoms with Crippen LogP contribution in [0.2, 0.25) is 5.28 Å². The standard InChI is InChI=1S/C11H17ClFN3O/c1-7(2)9(4-5-17)16(3)10-8(13)6-14-11(12)15-10/h6-7,9,17H,4-5H2,1-3H3. The molecule has 4 nitrogen and oxygen atoms in total. The normalized spacial score (nSPS) is 12.9. The number of rotatable bonds is 5. The molecule has 1 heterocycles. The largest absolute Gasteiger partial charge is 0.396 e. The Labute approximate surface area is 105 Å². The topological polar surface area (TPSA) is 49.2 Å². The number of nitrogens with zero attached hydrogens (tertiary/aromatic N) is 3. The monoisotopic (exact) mass is 261 g/mol. The first kappa shape index (κ1) is 14.1. The van der Waals surface area contributed by atoms with Crippen LogP contribution in [0, 0.1) is 11.7 Å². The van der Waals surface area contributed by atoms with Crippen LogP contribution >= 0.6 is 11.6 Å². The van der Waals surface area contributed by atoms with Crippen molar-refractivity contribution in [2.45, 2.75) is 26.3 Å². The Hall–Kier alpha value is -0.940. The van der Waals surface area contributed by atoms with Gasteiger partial charge in [-0.05, 0) is 23.9 Å². The van der Waals surface area contributed by atoms with Crippen LogP contribution in [0.25, 0.3) is 0 Å². The minimum Gasteiger partial charge on any atom is -0.396 e. The van der Waals surface area contributed by atoms with E-state index in [9.17, 15) is 4.39 Å². The highest BCUT2D eigenvalue weighted by Gasteiger charge is 2.22. The fourth-order valence-corrected chi connectivity index (χ4v) is 1.98. The maximum atomic E-state index is 13.6. The second kappa shape index (κ2) is 6.12. The van der Waals surface area contributed by atoms with Crippen molar-refractivity contribution in [3.05, 3.63) is 17.3 Å². The Morgan fingerprint density at radius 1 is 1.53 bits per heavy atom. The van der Waals surface area contributed by atoms with Crippen molar-refractivity contribution in [2.24, 2.45) is 5.92 Å². The number of hydrogen-bond acceptors (Lipinski definition) is 4. The van der Waals surface area contributed by atoms with Gasteiger partial charge in [0.2, 0.25) is 5.28 Å². The van der Waals surface area contributed by atoms with Crippen LogP contribution in [0.3, 0.4) is 0 Å². The molecule has 6 heteroatoms. The highest BCUT2D eigenvalue weighted by Crippen LogP contribution is 2.22. The Balaban J connectivity index is 2.99. The molecule has 1 unspecified atom stereocenters. The zero-order valence-electron chi connectivity index (χ0n) is 10.2. The lowest BCUT2D eigenvalue weighted by molar-refractivity contribution is 0.258. The van der Waals surface area contributed by atoms with E-state index < -0.39 is 5.82 Å². The van der Waals surface area contributed by atoms with Gasteiger partial charge in [0.15, 0.2) is 11.6 Å². The molecule has 0 saturated heterocycles. The highest BCUT2D eigenvalue weighted by molar-refractivity contribution is 6.28. The van der Waals surface area contributed by atoms with Crippen molar-refractivity contribution in [1.82, 2.24) is 9.97 Å². The van der Waals surface area contributed by atoms with E-state index in [4.69, 9.17) is 16.7 Å². The van der Waals surface area contributed by atoms with Crippen molar-refractivity contribution in [3.8, 4) is 0 Å². The number of aliphatic hydroxyl groups is 1. The van der Waals surface area contributed by atoms with Gasteiger partial charge in [0, 0.05) is 19.7 Å². The Morgan fingerprint density at radius 3 is 2.71 bits per heavy atom. The number of aromatic nitrogens is 2. The third-order valence-corrected chi connectivity index (χ3v) is 2.90. The number of aliphatic hydroxyl groups excluding tert-OH is 1. The van der Waals surface area contributed by atoms with Crippen LogP contribution in [-0.4, -0.2) is 34.8 Å². The molecule has 0 aliphatic carbocycles. The molecule has 0 bridgehead atoms. The molecule has 0 amide bonds. The van der Waals surface area contributed by atoms with Gasteiger partial charge in [-0.25, -0.2) is 9.37 Å². The van der Waals surface area contributed by atoms with Gasteiger partial charge in [-0.3, -0.25) is 0 Å². The van der Waals surface area contributed by atoms with Gasteiger partial charge >= 0.3 is 0 Å². The second-order valence-electron chi connectivity index (χ2n) is 4.25. The van der Waals surface area contributed by atoms with Gasteiger partial charge in [0.1, 0.15) is 0 Å². The van der Waals surface area contributed by atoms with Crippen molar-refractivity contribution in [1.29, 1.82) is 0 Å². The van der Waals surface area contributed by atoms with Gasteiger partial charge in [0.05, 0.1) is 6.20 Å². The highest BCUT2D eigenvalue weighted by atomic mass is 35.5. The van der Waals surface area contributed by atoms with Crippen molar-refractivity contribution in [2.75, 3.05) is 18.6 Å². The maximum absolute atomic E-state index is 13.6. The minimum atomic E-state index is -0.513. The fourth-order valence-electron chi connectivity index (χ4n) is 1.85. The minimum absolute atomic E-state index is 0.000432. The summed E-state index contributed by atoms with van der Waals surface area (Å²) in [6.45, 7) is 4.07. The molecule has 0 aliphatic heterocycles. The summed E-state index contributed by atoms with van der Waals surface area (Å²) in [6.07, 6.45) is 1.60. The molecule has 1 rings (SSSR count). The van der Waals surface area contributed by atoms with E-state index in [2.05, 4.69) is 9.97 Å². The molecule has 0 spiro atoms.